The minimum Gasteiger partial charge on any atom is -0.494 e. The summed E-state index contributed by atoms with van der Waals surface area (Å²) in [6.07, 6.45) is 4.86. The molecule has 0 aliphatic heterocycles. The van der Waals surface area contributed by atoms with Crippen molar-refractivity contribution in [3.05, 3.63) is 94.3 Å². The number of hydrogen-bond acceptors (Lipinski definition) is 20. The number of aryl methyl sites for hydroxylation is 2. The summed E-state index contributed by atoms with van der Waals surface area (Å²) in [6, 6.07) is 14.4. The fourth-order valence-corrected chi connectivity index (χ4v) is 8.71. The molecule has 25 nitrogen and oxygen atoms in total. The van der Waals surface area contributed by atoms with Gasteiger partial charge in [-0.2, -0.15) is 54.3 Å². The summed E-state index contributed by atoms with van der Waals surface area (Å²) < 4.78 is 146. The Morgan fingerprint density at radius 2 is 1.11 bits per heavy atom. The van der Waals surface area contributed by atoms with Crippen molar-refractivity contribution in [1.29, 1.82) is 5.26 Å². The number of pyridine rings is 1. The monoisotopic (exact) mass is 1090 g/mol. The topological polar surface area (TPSA) is 381 Å². The van der Waals surface area contributed by atoms with Gasteiger partial charge in [0.05, 0.1) is 65.5 Å². The number of azo groups is 3. The zero-order valence-electron chi connectivity index (χ0n) is 39.2. The minimum absolute atomic E-state index is 0.00579. The van der Waals surface area contributed by atoms with Crippen molar-refractivity contribution in [2.75, 3.05) is 37.1 Å². The Hall–Kier alpha value is -7.04. The molecule has 0 amide bonds. The molecular formula is C44H47N9O16S4. The van der Waals surface area contributed by atoms with E-state index in [1.54, 1.807) is 44.2 Å². The highest BCUT2D eigenvalue weighted by atomic mass is 32.2. The largest absolute Gasteiger partial charge is 0.494 e. The number of imidazole rings is 1. The number of hydrogen-bond donors (Lipinski definition) is 5. The first-order chi connectivity index (χ1) is 34.1. The Labute approximate surface area is 419 Å². The molecule has 0 saturated heterocycles. The zero-order chi connectivity index (χ0) is 53.5. The summed E-state index contributed by atoms with van der Waals surface area (Å²) in [7, 11) is -17.4. The van der Waals surface area contributed by atoms with Crippen LogP contribution in [0.3, 0.4) is 0 Å². The summed E-state index contributed by atoms with van der Waals surface area (Å²) in [6.45, 7) is 5.70. The number of aromatic nitrogens is 2. The summed E-state index contributed by atoms with van der Waals surface area (Å²) in [5, 5.41) is 47.9. The Bertz CT molecular complexity index is 3610. The quantitative estimate of drug-likeness (QED) is 0.0245. The Morgan fingerprint density at radius 3 is 1.60 bits per heavy atom. The lowest BCUT2D eigenvalue weighted by atomic mass is 10.1. The van der Waals surface area contributed by atoms with Gasteiger partial charge in [0.2, 0.25) is 5.88 Å². The van der Waals surface area contributed by atoms with Gasteiger partial charge in [-0.3, -0.25) is 22.6 Å². The Kier molecular flexibility index (Phi) is 16.9. The molecule has 1 aliphatic carbocycles. The van der Waals surface area contributed by atoms with Crippen molar-refractivity contribution in [3.63, 3.8) is 0 Å². The second-order valence-electron chi connectivity index (χ2n) is 16.4. The summed E-state index contributed by atoms with van der Waals surface area (Å²) >= 11 is 0. The fraction of sp³-hybridized carbons (Fsp3) is 0.318. The second kappa shape index (κ2) is 22.4. The van der Waals surface area contributed by atoms with Gasteiger partial charge in [-0.15, -0.1) is 15.3 Å². The van der Waals surface area contributed by atoms with Gasteiger partial charge in [0, 0.05) is 17.7 Å². The molecule has 2 heterocycles. The van der Waals surface area contributed by atoms with Crippen LogP contribution in [0.1, 0.15) is 59.8 Å². The van der Waals surface area contributed by atoms with Crippen molar-refractivity contribution in [2.45, 2.75) is 51.7 Å². The van der Waals surface area contributed by atoms with Gasteiger partial charge in [0.1, 0.15) is 45.0 Å². The van der Waals surface area contributed by atoms with Gasteiger partial charge in [-0.25, -0.2) is 4.98 Å². The van der Waals surface area contributed by atoms with E-state index in [1.807, 2.05) is 0 Å². The molecular weight excluding hydrogens is 1040 g/mol. The number of nitrogens with zero attached hydrogens (tertiary/aromatic N) is 9. The predicted molar refractivity (Wildman–Crippen MR) is 265 cm³/mol. The zero-order valence-corrected chi connectivity index (χ0v) is 42.4. The molecule has 388 valence electrons. The van der Waals surface area contributed by atoms with Gasteiger partial charge in [-0.1, -0.05) is 12.2 Å². The van der Waals surface area contributed by atoms with Crippen LogP contribution in [0.2, 0.25) is 0 Å². The van der Waals surface area contributed by atoms with Gasteiger partial charge in [-0.05, 0) is 107 Å². The first-order valence-corrected chi connectivity index (χ1v) is 27.8. The molecule has 2 aromatic heterocycles. The van der Waals surface area contributed by atoms with Crippen molar-refractivity contribution >= 4 is 92.4 Å². The van der Waals surface area contributed by atoms with Crippen LogP contribution in [-0.2, 0) is 40.5 Å². The third kappa shape index (κ3) is 14.6. The van der Waals surface area contributed by atoms with E-state index in [4.69, 9.17) is 18.8 Å². The molecule has 0 spiro atoms. The van der Waals surface area contributed by atoms with Crippen molar-refractivity contribution in [1.82, 2.24) is 9.38 Å². The lowest BCUT2D eigenvalue weighted by Crippen LogP contribution is -2.29. The first-order valence-electron chi connectivity index (χ1n) is 21.6. The Balaban J connectivity index is 1.34. The van der Waals surface area contributed by atoms with Gasteiger partial charge >= 0.3 is 0 Å². The maximum Gasteiger partial charge on any atom is 0.277 e. The molecule has 1 unspecified atom stereocenters. The molecule has 1 aliphatic rings. The van der Waals surface area contributed by atoms with E-state index < -0.39 is 68.4 Å². The third-order valence-corrected chi connectivity index (χ3v) is 14.5. The molecule has 5 aromatic rings. The fourth-order valence-electron chi connectivity index (χ4n) is 6.78. The molecule has 0 bridgehead atoms. The van der Waals surface area contributed by atoms with Gasteiger partial charge in [0.25, 0.3) is 40.5 Å². The number of nitriles is 1. The summed E-state index contributed by atoms with van der Waals surface area (Å²) in [5.74, 6) is -1.72. The van der Waals surface area contributed by atoms with E-state index in [-0.39, 0.29) is 101 Å². The average molecular weight is 1090 g/mol. The number of fused-ring (bicyclic) bond motifs is 3. The SMILES string of the molecule is Cc1cc(N=Nc2cc(OCCCS(=O)(=O)O)c(N=Nc3c(C)c(C#N)c4nc5c(n4c3O)C=CC(C)(S(=O)(=O)O)C=C5)cc2C)c(OCCCS(=O)(=O)O)cc1N=Nc1ccc(OCCCS(=O)(=O)O)cc1. The molecule has 3 aromatic carbocycles. The molecule has 29 heteroatoms. The first kappa shape index (κ1) is 55.3. The van der Waals surface area contributed by atoms with E-state index >= 15 is 0 Å². The molecule has 73 heavy (non-hydrogen) atoms. The highest BCUT2D eigenvalue weighted by Gasteiger charge is 2.35. The van der Waals surface area contributed by atoms with Crippen LogP contribution in [-0.4, -0.2) is 108 Å². The van der Waals surface area contributed by atoms with Crippen molar-refractivity contribution in [2.24, 2.45) is 30.7 Å². The lowest BCUT2D eigenvalue weighted by molar-refractivity contribution is 0.316. The minimum atomic E-state index is -4.63. The maximum atomic E-state index is 12.2. The van der Waals surface area contributed by atoms with Gasteiger partial charge < -0.3 is 19.3 Å². The van der Waals surface area contributed by atoms with Crippen LogP contribution < -0.4 is 14.2 Å². The van der Waals surface area contributed by atoms with E-state index in [1.165, 1.54) is 60.8 Å². The van der Waals surface area contributed by atoms with Crippen LogP contribution in [0.4, 0.5) is 34.1 Å². The smallest absolute Gasteiger partial charge is 0.277 e. The number of benzene rings is 3. The highest BCUT2D eigenvalue weighted by molar-refractivity contribution is 7.87. The van der Waals surface area contributed by atoms with Crippen LogP contribution in [0, 0.1) is 32.1 Å². The lowest BCUT2D eigenvalue weighted by Gasteiger charge is -2.16. The van der Waals surface area contributed by atoms with Crippen LogP contribution in [0.25, 0.3) is 17.8 Å². The van der Waals surface area contributed by atoms with Gasteiger partial charge in [0.15, 0.2) is 11.3 Å². The normalized spacial score (nSPS) is 15.3. The molecule has 0 fully saturated rings. The summed E-state index contributed by atoms with van der Waals surface area (Å²) in [4.78, 5) is 4.45. The summed E-state index contributed by atoms with van der Waals surface area (Å²) in [5.41, 5.74) is 2.39. The molecule has 0 saturated carbocycles. The predicted octanol–water partition coefficient (Wildman–Crippen LogP) is 8.74. The molecule has 5 N–H and O–H groups in total. The second-order valence-corrected chi connectivity index (χ2v) is 23.0. The van der Waals surface area contributed by atoms with Crippen LogP contribution in [0.5, 0.6) is 23.1 Å². The average Bonchev–Trinajstić information content (AvgIpc) is 3.57. The molecule has 6 rings (SSSR count). The van der Waals surface area contributed by atoms with Crippen molar-refractivity contribution in [3.8, 4) is 29.2 Å². The van der Waals surface area contributed by atoms with Crippen molar-refractivity contribution < 1.29 is 71.2 Å². The third-order valence-electron chi connectivity index (χ3n) is 10.7. The molecule has 0 radical (unpaired) electrons. The number of aromatic hydroxyl groups is 1. The standard InChI is InChI=1S/C44H47N9O16S4/c1-27-22-36(39(68-17-6-20-71(58,59)60)24-34(27)48-47-30-8-10-31(11-9-30)67-16-5-19-70(55,56)57)50-49-35-25-40(69-18-7-21-72(61,62)63)37(23-28(35)2)51-52-41-29(3)32(26-45)42-46-33-12-14-44(4,73(64,65)66)15-13-38(33)53(42)43(41)54/h8-15,22-25,54H,5-7,16-21H2,1-4H3,(H,55,56,57)(H,58,59,60)(H,61,62,63)(H,64,65,66). The molecule has 1 atom stereocenters. The van der Waals surface area contributed by atoms with Crippen LogP contribution in [0.15, 0.2) is 91.4 Å². The van der Waals surface area contributed by atoms with E-state index in [0.717, 1.165) is 0 Å². The van der Waals surface area contributed by atoms with E-state index in [0.29, 0.717) is 28.3 Å². The number of ether oxygens (including phenoxy) is 3. The Morgan fingerprint density at radius 1 is 0.644 bits per heavy atom. The van der Waals surface area contributed by atoms with Crippen LogP contribution >= 0.6 is 0 Å². The highest BCUT2D eigenvalue weighted by Crippen LogP contribution is 2.43. The van der Waals surface area contributed by atoms with E-state index in [9.17, 15) is 57.7 Å². The number of rotatable bonds is 22. The van der Waals surface area contributed by atoms with E-state index in [2.05, 4.69) is 41.7 Å². The maximum absolute atomic E-state index is 12.2.